The Labute approximate surface area is 159 Å². The maximum Gasteiger partial charge on any atom is 0.123 e. The summed E-state index contributed by atoms with van der Waals surface area (Å²) < 4.78 is 0. The molecule has 3 aromatic carbocycles. The van der Waals surface area contributed by atoms with Gasteiger partial charge in [-0.15, -0.1) is 0 Å². The fraction of sp³-hybridized carbons (Fsp3) is 0.217. The van der Waals surface area contributed by atoms with E-state index in [9.17, 15) is 20.4 Å². The third-order valence-electron chi connectivity index (χ3n) is 4.78. The van der Waals surface area contributed by atoms with Crippen molar-refractivity contribution in [2.45, 2.75) is 32.1 Å². The molecule has 140 valence electrons. The molecule has 4 N–H and O–H groups in total. The number of unbranched alkanes of at least 4 members (excludes halogenated alkanes) is 1. The third kappa shape index (κ3) is 4.17. The molecule has 0 saturated heterocycles. The van der Waals surface area contributed by atoms with Crippen molar-refractivity contribution in [3.63, 3.8) is 0 Å². The molecule has 0 aliphatic heterocycles. The normalized spacial score (nSPS) is 11.0. The van der Waals surface area contributed by atoms with Crippen LogP contribution in [0.25, 0.3) is 0 Å². The average Bonchev–Trinajstić information content (AvgIpc) is 2.64. The van der Waals surface area contributed by atoms with Crippen LogP contribution < -0.4 is 0 Å². The molecule has 3 rings (SSSR count). The SMILES string of the molecule is CCCCc1ccc(C(c2ccc(O)cc2O)c2ccc(O)cc2O)cc1. The molecule has 0 amide bonds. The molecule has 4 nitrogen and oxygen atoms in total. The van der Waals surface area contributed by atoms with Crippen molar-refractivity contribution < 1.29 is 20.4 Å². The van der Waals surface area contributed by atoms with Gasteiger partial charge in [0, 0.05) is 29.2 Å². The number of hydrogen-bond donors (Lipinski definition) is 4. The predicted octanol–water partition coefficient (Wildman–Crippen LogP) is 5.03. The van der Waals surface area contributed by atoms with Gasteiger partial charge in [0.05, 0.1) is 0 Å². The molecule has 0 aliphatic rings. The van der Waals surface area contributed by atoms with Gasteiger partial charge in [-0.1, -0.05) is 49.7 Å². The van der Waals surface area contributed by atoms with E-state index in [1.54, 1.807) is 12.1 Å². The fourth-order valence-corrected chi connectivity index (χ4v) is 3.34. The Hall–Kier alpha value is -3.14. The van der Waals surface area contributed by atoms with Crippen molar-refractivity contribution in [2.75, 3.05) is 0 Å². The Morgan fingerprint density at radius 3 is 1.67 bits per heavy atom. The molecule has 0 atom stereocenters. The summed E-state index contributed by atoms with van der Waals surface area (Å²) in [4.78, 5) is 0. The van der Waals surface area contributed by atoms with Crippen molar-refractivity contribution in [1.82, 2.24) is 0 Å². The number of aromatic hydroxyl groups is 4. The van der Waals surface area contributed by atoms with Gasteiger partial charge in [-0.3, -0.25) is 0 Å². The standard InChI is InChI=1S/C23H24O4/c1-2-3-4-15-5-7-16(8-6-15)23(19-11-9-17(24)13-21(19)26)20-12-10-18(25)14-22(20)27/h5-14,23-27H,2-4H2,1H3. The van der Waals surface area contributed by atoms with Crippen LogP contribution in [0.2, 0.25) is 0 Å². The highest BCUT2D eigenvalue weighted by Gasteiger charge is 2.23. The lowest BCUT2D eigenvalue weighted by molar-refractivity contribution is 0.440. The lowest BCUT2D eigenvalue weighted by Crippen LogP contribution is -2.04. The van der Waals surface area contributed by atoms with Crippen LogP contribution in [0.3, 0.4) is 0 Å². The average molecular weight is 364 g/mol. The lowest BCUT2D eigenvalue weighted by Gasteiger charge is -2.21. The smallest absolute Gasteiger partial charge is 0.123 e. The summed E-state index contributed by atoms with van der Waals surface area (Å²) in [5.74, 6) is -0.601. The maximum absolute atomic E-state index is 10.4. The van der Waals surface area contributed by atoms with Gasteiger partial charge in [0.1, 0.15) is 23.0 Å². The first-order valence-electron chi connectivity index (χ1n) is 9.12. The molecule has 0 bridgehead atoms. The Balaban J connectivity index is 2.09. The second-order valence-corrected chi connectivity index (χ2v) is 6.76. The molecule has 0 aromatic heterocycles. The van der Waals surface area contributed by atoms with Crippen LogP contribution >= 0.6 is 0 Å². The first-order valence-corrected chi connectivity index (χ1v) is 9.12. The Morgan fingerprint density at radius 2 is 1.22 bits per heavy atom. The Morgan fingerprint density at radius 1 is 0.704 bits per heavy atom. The number of phenolic OH excluding ortho intramolecular Hbond substituents is 4. The maximum atomic E-state index is 10.4. The van der Waals surface area contributed by atoms with Crippen LogP contribution in [0, 0.1) is 0 Å². The van der Waals surface area contributed by atoms with E-state index >= 15 is 0 Å². The van der Waals surface area contributed by atoms with Crippen LogP contribution in [-0.2, 0) is 6.42 Å². The minimum absolute atomic E-state index is 0.0279. The van der Waals surface area contributed by atoms with E-state index in [2.05, 4.69) is 19.1 Å². The highest BCUT2D eigenvalue weighted by atomic mass is 16.3. The van der Waals surface area contributed by atoms with Crippen LogP contribution in [0.15, 0.2) is 60.7 Å². The molecule has 0 fully saturated rings. The quantitative estimate of drug-likeness (QED) is 0.462. The first kappa shape index (κ1) is 18.6. The lowest BCUT2D eigenvalue weighted by atomic mass is 9.83. The molecule has 27 heavy (non-hydrogen) atoms. The highest BCUT2D eigenvalue weighted by molar-refractivity contribution is 5.55. The summed E-state index contributed by atoms with van der Waals surface area (Å²) in [6, 6.07) is 17.0. The number of rotatable bonds is 6. The molecular formula is C23H24O4. The minimum atomic E-state index is -0.438. The topological polar surface area (TPSA) is 80.9 Å². The zero-order valence-corrected chi connectivity index (χ0v) is 15.3. The second-order valence-electron chi connectivity index (χ2n) is 6.76. The van der Waals surface area contributed by atoms with Crippen molar-refractivity contribution in [3.8, 4) is 23.0 Å². The van der Waals surface area contributed by atoms with E-state index in [4.69, 9.17) is 0 Å². The number of aryl methyl sites for hydroxylation is 1. The monoisotopic (exact) mass is 364 g/mol. The van der Waals surface area contributed by atoms with Gasteiger partial charge in [-0.25, -0.2) is 0 Å². The highest BCUT2D eigenvalue weighted by Crippen LogP contribution is 2.42. The summed E-state index contributed by atoms with van der Waals surface area (Å²) in [5, 5.41) is 40.1. The van der Waals surface area contributed by atoms with Gasteiger partial charge in [0.25, 0.3) is 0 Å². The Kier molecular flexibility index (Phi) is 5.55. The first-order chi connectivity index (χ1) is 13.0. The largest absolute Gasteiger partial charge is 0.508 e. The molecule has 0 heterocycles. The van der Waals surface area contributed by atoms with Gasteiger partial charge in [-0.05, 0) is 36.1 Å². The molecule has 0 saturated carbocycles. The van der Waals surface area contributed by atoms with Gasteiger partial charge < -0.3 is 20.4 Å². The van der Waals surface area contributed by atoms with Gasteiger partial charge in [0.15, 0.2) is 0 Å². The van der Waals surface area contributed by atoms with E-state index in [1.165, 1.54) is 29.8 Å². The summed E-state index contributed by atoms with van der Waals surface area (Å²) in [6.45, 7) is 2.16. The van der Waals surface area contributed by atoms with Crippen molar-refractivity contribution in [3.05, 3.63) is 82.9 Å². The van der Waals surface area contributed by atoms with Gasteiger partial charge >= 0.3 is 0 Å². The number of benzene rings is 3. The third-order valence-corrected chi connectivity index (χ3v) is 4.78. The molecule has 3 aromatic rings. The zero-order chi connectivity index (χ0) is 19.4. The van der Waals surface area contributed by atoms with E-state index in [1.807, 2.05) is 12.1 Å². The van der Waals surface area contributed by atoms with Gasteiger partial charge in [0.2, 0.25) is 0 Å². The van der Waals surface area contributed by atoms with Crippen LogP contribution in [0.5, 0.6) is 23.0 Å². The van der Waals surface area contributed by atoms with Crippen molar-refractivity contribution in [2.24, 2.45) is 0 Å². The molecule has 0 aliphatic carbocycles. The summed E-state index contributed by atoms with van der Waals surface area (Å²) >= 11 is 0. The Bertz CT molecular complexity index is 865. The summed E-state index contributed by atoms with van der Waals surface area (Å²) in [6.07, 6.45) is 3.27. The minimum Gasteiger partial charge on any atom is -0.508 e. The molecule has 0 spiro atoms. The zero-order valence-electron chi connectivity index (χ0n) is 15.3. The fourth-order valence-electron chi connectivity index (χ4n) is 3.34. The second kappa shape index (κ2) is 8.04. The van der Waals surface area contributed by atoms with Crippen LogP contribution in [0.4, 0.5) is 0 Å². The van der Waals surface area contributed by atoms with E-state index in [-0.39, 0.29) is 23.0 Å². The van der Waals surface area contributed by atoms with Crippen molar-refractivity contribution >= 4 is 0 Å². The molecule has 0 unspecified atom stereocenters. The van der Waals surface area contributed by atoms with Crippen molar-refractivity contribution in [1.29, 1.82) is 0 Å². The van der Waals surface area contributed by atoms with Gasteiger partial charge in [-0.2, -0.15) is 0 Å². The number of hydrogen-bond acceptors (Lipinski definition) is 4. The molecule has 0 radical (unpaired) electrons. The van der Waals surface area contributed by atoms with Crippen LogP contribution in [0.1, 0.15) is 47.9 Å². The van der Waals surface area contributed by atoms with E-state index in [0.29, 0.717) is 11.1 Å². The summed E-state index contributed by atoms with van der Waals surface area (Å²) in [7, 11) is 0. The summed E-state index contributed by atoms with van der Waals surface area (Å²) in [5.41, 5.74) is 3.27. The molecule has 4 heteroatoms. The number of phenols is 4. The van der Waals surface area contributed by atoms with E-state index < -0.39 is 5.92 Å². The van der Waals surface area contributed by atoms with E-state index in [0.717, 1.165) is 24.8 Å². The predicted molar refractivity (Wildman–Crippen MR) is 106 cm³/mol. The molecular weight excluding hydrogens is 340 g/mol. The van der Waals surface area contributed by atoms with Crippen LogP contribution in [-0.4, -0.2) is 20.4 Å².